The average Bonchev–Trinajstić information content (AvgIpc) is 2.38. The molecule has 2 rings (SSSR count). The Morgan fingerprint density at radius 3 is 2.37 bits per heavy atom. The largest absolute Gasteiger partial charge is 0.337 e. The standard InChI is InChI=1S/C16H23NOS/c1-12-7-9-15(10-8-12)19-11-16(18)17-13(2)5-4-6-14(17)3/h7-10,13-14H,4-6,11H2,1-3H3. The molecule has 19 heavy (non-hydrogen) atoms. The van der Waals surface area contributed by atoms with Gasteiger partial charge in [0.25, 0.3) is 0 Å². The SMILES string of the molecule is Cc1ccc(SCC(=O)N2C(C)CCCC2C)cc1. The number of benzene rings is 1. The first-order chi connectivity index (χ1) is 9.08. The monoisotopic (exact) mass is 277 g/mol. The average molecular weight is 277 g/mol. The number of aryl methyl sites for hydroxylation is 1. The lowest BCUT2D eigenvalue weighted by Gasteiger charge is -2.39. The summed E-state index contributed by atoms with van der Waals surface area (Å²) in [5.74, 6) is 0.836. The van der Waals surface area contributed by atoms with E-state index in [1.165, 1.54) is 16.9 Å². The molecule has 0 radical (unpaired) electrons. The van der Waals surface area contributed by atoms with Gasteiger partial charge in [-0.2, -0.15) is 0 Å². The van der Waals surface area contributed by atoms with Crippen LogP contribution in [-0.2, 0) is 4.79 Å². The Hall–Kier alpha value is -0.960. The summed E-state index contributed by atoms with van der Waals surface area (Å²) in [7, 11) is 0. The van der Waals surface area contributed by atoms with Crippen LogP contribution in [0.25, 0.3) is 0 Å². The van der Waals surface area contributed by atoms with Crippen LogP contribution in [0, 0.1) is 6.92 Å². The van der Waals surface area contributed by atoms with E-state index in [1.807, 2.05) is 0 Å². The predicted octanol–water partition coefficient (Wildman–Crippen LogP) is 3.88. The summed E-state index contributed by atoms with van der Waals surface area (Å²) < 4.78 is 0. The van der Waals surface area contributed by atoms with Crippen LogP contribution in [0.5, 0.6) is 0 Å². The molecular weight excluding hydrogens is 254 g/mol. The molecule has 0 saturated carbocycles. The van der Waals surface area contributed by atoms with Crippen LogP contribution in [0.3, 0.4) is 0 Å². The molecule has 1 saturated heterocycles. The lowest BCUT2D eigenvalue weighted by molar-refractivity contribution is -0.134. The molecular formula is C16H23NOS. The van der Waals surface area contributed by atoms with Gasteiger partial charge in [-0.1, -0.05) is 17.7 Å². The Morgan fingerprint density at radius 2 is 1.79 bits per heavy atom. The number of carbonyl (C=O) groups is 1. The number of hydrogen-bond acceptors (Lipinski definition) is 2. The fourth-order valence-corrected chi connectivity index (χ4v) is 3.53. The van der Waals surface area contributed by atoms with Crippen molar-refractivity contribution in [1.82, 2.24) is 4.90 Å². The van der Waals surface area contributed by atoms with E-state index in [1.54, 1.807) is 11.8 Å². The van der Waals surface area contributed by atoms with Gasteiger partial charge in [0.05, 0.1) is 5.75 Å². The zero-order valence-electron chi connectivity index (χ0n) is 12.1. The third-order valence-electron chi connectivity index (χ3n) is 3.86. The molecule has 0 bridgehead atoms. The number of piperidine rings is 1. The lowest BCUT2D eigenvalue weighted by atomic mass is 9.98. The Bertz CT molecular complexity index is 419. The van der Waals surface area contributed by atoms with Crippen molar-refractivity contribution in [3.8, 4) is 0 Å². The fourth-order valence-electron chi connectivity index (χ4n) is 2.77. The Balaban J connectivity index is 1.91. The van der Waals surface area contributed by atoms with Crippen LogP contribution in [0.15, 0.2) is 29.2 Å². The van der Waals surface area contributed by atoms with Crippen molar-refractivity contribution in [2.75, 3.05) is 5.75 Å². The first-order valence-corrected chi connectivity index (χ1v) is 8.07. The van der Waals surface area contributed by atoms with Crippen molar-refractivity contribution < 1.29 is 4.79 Å². The van der Waals surface area contributed by atoms with Crippen LogP contribution in [0.4, 0.5) is 0 Å². The molecule has 0 N–H and O–H groups in total. The fraction of sp³-hybridized carbons (Fsp3) is 0.562. The van der Waals surface area contributed by atoms with Crippen molar-refractivity contribution in [2.24, 2.45) is 0 Å². The van der Waals surface area contributed by atoms with Gasteiger partial charge in [0.1, 0.15) is 0 Å². The van der Waals surface area contributed by atoms with E-state index in [9.17, 15) is 4.79 Å². The van der Waals surface area contributed by atoms with Gasteiger partial charge in [-0.3, -0.25) is 4.79 Å². The highest BCUT2D eigenvalue weighted by atomic mass is 32.2. The lowest BCUT2D eigenvalue weighted by Crippen LogP contribution is -2.48. The maximum absolute atomic E-state index is 12.4. The number of rotatable bonds is 3. The summed E-state index contributed by atoms with van der Waals surface area (Å²) >= 11 is 1.64. The van der Waals surface area contributed by atoms with Gasteiger partial charge in [0.2, 0.25) is 5.91 Å². The van der Waals surface area contributed by atoms with Gasteiger partial charge in [-0.05, 0) is 52.2 Å². The van der Waals surface area contributed by atoms with Crippen molar-refractivity contribution in [2.45, 2.75) is 57.0 Å². The number of hydrogen-bond donors (Lipinski definition) is 0. The second-order valence-corrected chi connectivity index (χ2v) is 6.58. The minimum Gasteiger partial charge on any atom is -0.337 e. The predicted molar refractivity (Wildman–Crippen MR) is 81.5 cm³/mol. The third-order valence-corrected chi connectivity index (χ3v) is 4.86. The first kappa shape index (κ1) is 14.4. The molecule has 1 aromatic rings. The number of likely N-dealkylation sites (tertiary alicyclic amines) is 1. The Kier molecular flexibility index (Phi) is 4.92. The van der Waals surface area contributed by atoms with Crippen molar-refractivity contribution in [3.05, 3.63) is 29.8 Å². The van der Waals surface area contributed by atoms with Gasteiger partial charge < -0.3 is 4.90 Å². The van der Waals surface area contributed by atoms with Crippen LogP contribution in [0.2, 0.25) is 0 Å². The first-order valence-electron chi connectivity index (χ1n) is 7.08. The topological polar surface area (TPSA) is 20.3 Å². The minimum atomic E-state index is 0.283. The maximum Gasteiger partial charge on any atom is 0.233 e. The van der Waals surface area contributed by atoms with Gasteiger partial charge in [-0.25, -0.2) is 0 Å². The molecule has 1 amide bonds. The van der Waals surface area contributed by atoms with Crippen LogP contribution < -0.4 is 0 Å². The van der Waals surface area contributed by atoms with Crippen molar-refractivity contribution in [3.63, 3.8) is 0 Å². The number of amides is 1. The molecule has 104 valence electrons. The van der Waals surface area contributed by atoms with Crippen LogP contribution >= 0.6 is 11.8 Å². The second kappa shape index (κ2) is 6.47. The zero-order valence-corrected chi connectivity index (χ0v) is 12.9. The highest BCUT2D eigenvalue weighted by molar-refractivity contribution is 8.00. The summed E-state index contributed by atoms with van der Waals surface area (Å²) in [4.78, 5) is 15.6. The van der Waals surface area contributed by atoms with Crippen molar-refractivity contribution in [1.29, 1.82) is 0 Å². The highest BCUT2D eigenvalue weighted by Gasteiger charge is 2.28. The number of nitrogens with zero attached hydrogens (tertiary/aromatic N) is 1. The summed E-state index contributed by atoms with van der Waals surface area (Å²) in [6, 6.07) is 9.18. The van der Waals surface area contributed by atoms with E-state index in [4.69, 9.17) is 0 Å². The normalized spacial score (nSPS) is 23.4. The molecule has 2 unspecified atom stereocenters. The van der Waals surface area contributed by atoms with Crippen LogP contribution in [0.1, 0.15) is 38.7 Å². The van der Waals surface area contributed by atoms with Gasteiger partial charge in [0.15, 0.2) is 0 Å². The van der Waals surface area contributed by atoms with E-state index >= 15 is 0 Å². The van der Waals surface area contributed by atoms with Gasteiger partial charge in [0, 0.05) is 17.0 Å². The van der Waals surface area contributed by atoms with Crippen LogP contribution in [-0.4, -0.2) is 28.6 Å². The Labute approximate surface area is 120 Å². The summed E-state index contributed by atoms with van der Waals surface area (Å²) in [5, 5.41) is 0. The molecule has 2 atom stereocenters. The Morgan fingerprint density at radius 1 is 1.21 bits per heavy atom. The molecule has 1 fully saturated rings. The third kappa shape index (κ3) is 3.75. The van der Waals surface area contributed by atoms with E-state index in [0.717, 1.165) is 12.8 Å². The van der Waals surface area contributed by atoms with E-state index in [2.05, 4.69) is 49.9 Å². The molecule has 0 aromatic heterocycles. The molecule has 1 aromatic carbocycles. The summed E-state index contributed by atoms with van der Waals surface area (Å²) in [6.07, 6.45) is 3.54. The zero-order chi connectivity index (χ0) is 13.8. The molecule has 0 spiro atoms. The number of thioether (sulfide) groups is 1. The van der Waals surface area contributed by atoms with E-state index < -0.39 is 0 Å². The minimum absolute atomic E-state index is 0.283. The second-order valence-electron chi connectivity index (χ2n) is 5.53. The molecule has 1 aliphatic heterocycles. The molecule has 0 aliphatic carbocycles. The molecule has 3 heteroatoms. The smallest absolute Gasteiger partial charge is 0.233 e. The quantitative estimate of drug-likeness (QED) is 0.782. The van der Waals surface area contributed by atoms with E-state index in [0.29, 0.717) is 17.8 Å². The van der Waals surface area contributed by atoms with E-state index in [-0.39, 0.29) is 5.91 Å². The number of carbonyl (C=O) groups excluding carboxylic acids is 1. The maximum atomic E-state index is 12.4. The molecule has 1 aliphatic rings. The summed E-state index contributed by atoms with van der Waals surface area (Å²) in [6.45, 7) is 6.42. The highest BCUT2D eigenvalue weighted by Crippen LogP contribution is 2.25. The van der Waals surface area contributed by atoms with Gasteiger partial charge in [-0.15, -0.1) is 11.8 Å². The molecule has 1 heterocycles. The summed E-state index contributed by atoms with van der Waals surface area (Å²) in [5.41, 5.74) is 1.26. The molecule has 2 nitrogen and oxygen atoms in total. The van der Waals surface area contributed by atoms with Crippen molar-refractivity contribution >= 4 is 17.7 Å². The van der Waals surface area contributed by atoms with Gasteiger partial charge >= 0.3 is 0 Å².